The molecular formula is C17H30. The second-order valence-electron chi connectivity index (χ2n) is 6.58. The van der Waals surface area contributed by atoms with Crippen LogP contribution in [0.15, 0.2) is 0 Å². The van der Waals surface area contributed by atoms with Gasteiger partial charge >= 0.3 is 0 Å². The summed E-state index contributed by atoms with van der Waals surface area (Å²) in [6, 6.07) is 0. The molecule has 0 aromatic rings. The molecule has 0 heterocycles. The van der Waals surface area contributed by atoms with Crippen LogP contribution in [0.3, 0.4) is 0 Å². The van der Waals surface area contributed by atoms with Gasteiger partial charge in [0, 0.05) is 5.41 Å². The van der Waals surface area contributed by atoms with Crippen LogP contribution in [0.2, 0.25) is 0 Å². The number of terminal acetylenes is 1. The van der Waals surface area contributed by atoms with Crippen LogP contribution in [-0.2, 0) is 0 Å². The third-order valence-electron chi connectivity index (χ3n) is 4.75. The van der Waals surface area contributed by atoms with Crippen LogP contribution in [0.1, 0.15) is 72.6 Å². The van der Waals surface area contributed by atoms with Gasteiger partial charge in [-0.15, -0.1) is 6.42 Å². The normalized spacial score (nSPS) is 21.6. The lowest BCUT2D eigenvalue weighted by atomic mass is 9.60. The van der Waals surface area contributed by atoms with E-state index in [9.17, 15) is 0 Å². The van der Waals surface area contributed by atoms with Crippen molar-refractivity contribution < 1.29 is 0 Å². The van der Waals surface area contributed by atoms with Gasteiger partial charge in [-0.2, -0.15) is 0 Å². The highest BCUT2D eigenvalue weighted by Gasteiger charge is 2.40. The summed E-state index contributed by atoms with van der Waals surface area (Å²) in [7, 11) is 0. The first-order valence-electron chi connectivity index (χ1n) is 7.51. The lowest BCUT2D eigenvalue weighted by molar-refractivity contribution is 0.0969. The zero-order valence-electron chi connectivity index (χ0n) is 12.3. The van der Waals surface area contributed by atoms with E-state index in [-0.39, 0.29) is 5.41 Å². The Balaban J connectivity index is 2.70. The van der Waals surface area contributed by atoms with E-state index in [1.54, 1.807) is 0 Å². The van der Waals surface area contributed by atoms with E-state index in [1.807, 2.05) is 0 Å². The highest BCUT2D eigenvalue weighted by Crippen LogP contribution is 2.49. The quantitative estimate of drug-likeness (QED) is 0.526. The molecule has 17 heavy (non-hydrogen) atoms. The second kappa shape index (κ2) is 6.48. The Hall–Kier alpha value is -0.440. The standard InChI is InChI=1S/C17H30/c1-6-15(5)13-17(7-2,12-11-14(3)4)16-9-8-10-16/h2,14-16H,6,8-13H2,1,3-5H3. The first-order chi connectivity index (χ1) is 8.04. The summed E-state index contributed by atoms with van der Waals surface area (Å²) in [5.41, 5.74) is 0.220. The summed E-state index contributed by atoms with van der Waals surface area (Å²) in [6.07, 6.45) is 15.1. The minimum Gasteiger partial charge on any atom is -0.120 e. The van der Waals surface area contributed by atoms with Crippen molar-refractivity contribution in [2.24, 2.45) is 23.2 Å². The maximum absolute atomic E-state index is 5.96. The van der Waals surface area contributed by atoms with Gasteiger partial charge in [-0.25, -0.2) is 0 Å². The molecule has 0 bridgehead atoms. The Bertz CT molecular complexity index is 254. The molecule has 0 saturated heterocycles. The molecule has 1 rings (SSSR count). The van der Waals surface area contributed by atoms with Crippen LogP contribution in [0.5, 0.6) is 0 Å². The van der Waals surface area contributed by atoms with Crippen LogP contribution < -0.4 is 0 Å². The highest BCUT2D eigenvalue weighted by molar-refractivity contribution is 5.11. The van der Waals surface area contributed by atoms with Crippen molar-refractivity contribution in [3.8, 4) is 12.3 Å². The highest BCUT2D eigenvalue weighted by atomic mass is 14.4. The minimum atomic E-state index is 0.220. The van der Waals surface area contributed by atoms with Gasteiger partial charge in [0.25, 0.3) is 0 Å². The van der Waals surface area contributed by atoms with Crippen molar-refractivity contribution >= 4 is 0 Å². The van der Waals surface area contributed by atoms with Gasteiger partial charge in [0.05, 0.1) is 0 Å². The Kier molecular flexibility index (Phi) is 5.57. The fourth-order valence-electron chi connectivity index (χ4n) is 3.00. The van der Waals surface area contributed by atoms with Crippen LogP contribution >= 0.6 is 0 Å². The zero-order valence-corrected chi connectivity index (χ0v) is 12.3. The van der Waals surface area contributed by atoms with Crippen molar-refractivity contribution in [3.05, 3.63) is 0 Å². The molecule has 0 N–H and O–H groups in total. The molecule has 0 aromatic carbocycles. The molecule has 1 saturated carbocycles. The summed E-state index contributed by atoms with van der Waals surface area (Å²) in [5, 5.41) is 0. The average Bonchev–Trinajstić information content (AvgIpc) is 2.23. The molecule has 2 unspecified atom stereocenters. The van der Waals surface area contributed by atoms with Crippen LogP contribution in [0.4, 0.5) is 0 Å². The fraction of sp³-hybridized carbons (Fsp3) is 0.882. The van der Waals surface area contributed by atoms with Crippen LogP contribution in [0, 0.1) is 35.5 Å². The molecule has 0 spiro atoms. The molecule has 1 aliphatic rings. The van der Waals surface area contributed by atoms with E-state index in [4.69, 9.17) is 6.42 Å². The molecule has 1 aliphatic carbocycles. The van der Waals surface area contributed by atoms with E-state index >= 15 is 0 Å². The maximum atomic E-state index is 5.96. The maximum Gasteiger partial charge on any atom is 0.0342 e. The minimum absolute atomic E-state index is 0.220. The molecule has 0 amide bonds. The first kappa shape index (κ1) is 14.6. The molecular weight excluding hydrogens is 204 g/mol. The van der Waals surface area contributed by atoms with Crippen LogP contribution in [-0.4, -0.2) is 0 Å². The van der Waals surface area contributed by atoms with E-state index in [2.05, 4.69) is 33.6 Å². The molecule has 98 valence electrons. The second-order valence-corrected chi connectivity index (χ2v) is 6.58. The van der Waals surface area contributed by atoms with Gasteiger partial charge in [0.2, 0.25) is 0 Å². The Morgan fingerprint density at radius 2 is 1.94 bits per heavy atom. The molecule has 0 radical (unpaired) electrons. The van der Waals surface area contributed by atoms with Crippen molar-refractivity contribution in [3.63, 3.8) is 0 Å². The predicted molar refractivity (Wildman–Crippen MR) is 76.8 cm³/mol. The molecule has 1 fully saturated rings. The Morgan fingerprint density at radius 3 is 2.29 bits per heavy atom. The first-order valence-corrected chi connectivity index (χ1v) is 7.51. The third-order valence-corrected chi connectivity index (χ3v) is 4.75. The van der Waals surface area contributed by atoms with E-state index in [1.165, 1.54) is 44.9 Å². The van der Waals surface area contributed by atoms with Crippen molar-refractivity contribution in [2.45, 2.75) is 72.6 Å². The van der Waals surface area contributed by atoms with E-state index in [0.29, 0.717) is 0 Å². The van der Waals surface area contributed by atoms with Crippen molar-refractivity contribution in [1.82, 2.24) is 0 Å². The van der Waals surface area contributed by atoms with Gasteiger partial charge in [-0.1, -0.05) is 46.5 Å². The lowest BCUT2D eigenvalue weighted by Gasteiger charge is -2.44. The Morgan fingerprint density at radius 1 is 1.29 bits per heavy atom. The van der Waals surface area contributed by atoms with Gasteiger partial charge in [-0.05, 0) is 49.9 Å². The van der Waals surface area contributed by atoms with Gasteiger partial charge in [-0.3, -0.25) is 0 Å². The average molecular weight is 234 g/mol. The van der Waals surface area contributed by atoms with Crippen molar-refractivity contribution in [2.75, 3.05) is 0 Å². The third kappa shape index (κ3) is 3.77. The summed E-state index contributed by atoms with van der Waals surface area (Å²) in [6.45, 7) is 9.27. The lowest BCUT2D eigenvalue weighted by Crippen LogP contribution is -2.35. The summed E-state index contributed by atoms with van der Waals surface area (Å²) >= 11 is 0. The summed E-state index contributed by atoms with van der Waals surface area (Å²) in [4.78, 5) is 0. The number of hydrogen-bond donors (Lipinski definition) is 0. The number of hydrogen-bond acceptors (Lipinski definition) is 0. The number of rotatable bonds is 7. The van der Waals surface area contributed by atoms with E-state index in [0.717, 1.165) is 17.8 Å². The zero-order chi connectivity index (χ0) is 12.9. The molecule has 0 heteroatoms. The van der Waals surface area contributed by atoms with Gasteiger partial charge in [0.15, 0.2) is 0 Å². The summed E-state index contributed by atoms with van der Waals surface area (Å²) in [5.74, 6) is 5.61. The molecule has 0 aliphatic heterocycles. The predicted octanol–water partition coefficient (Wildman–Crippen LogP) is 5.28. The van der Waals surface area contributed by atoms with Crippen molar-refractivity contribution in [1.29, 1.82) is 0 Å². The van der Waals surface area contributed by atoms with Gasteiger partial charge < -0.3 is 0 Å². The van der Waals surface area contributed by atoms with E-state index < -0.39 is 0 Å². The molecule has 0 aromatic heterocycles. The van der Waals surface area contributed by atoms with Gasteiger partial charge in [0.1, 0.15) is 0 Å². The largest absolute Gasteiger partial charge is 0.120 e. The molecule has 0 nitrogen and oxygen atoms in total. The monoisotopic (exact) mass is 234 g/mol. The molecule has 2 atom stereocenters. The Labute approximate surface area is 109 Å². The topological polar surface area (TPSA) is 0 Å². The van der Waals surface area contributed by atoms with Crippen LogP contribution in [0.25, 0.3) is 0 Å². The summed E-state index contributed by atoms with van der Waals surface area (Å²) < 4.78 is 0. The fourth-order valence-corrected chi connectivity index (χ4v) is 3.00. The SMILES string of the molecule is C#CC(CCC(C)C)(CC(C)CC)C1CCC1. The smallest absolute Gasteiger partial charge is 0.0342 e.